The molecule has 11 heteroatoms. The van der Waals surface area contributed by atoms with Gasteiger partial charge in [-0.15, -0.1) is 0 Å². The Hall–Kier alpha value is -2.70. The van der Waals surface area contributed by atoms with Gasteiger partial charge in [0.05, 0.1) is 43.4 Å². The molecule has 0 aliphatic carbocycles. The molecule has 10 nitrogen and oxygen atoms in total. The SMILES string of the molecule is COc1ccc(S(=O)(=O)N(CC(C)C)C[C@@H](O)[C@H](Cc2ccccc2)N(C(=O)O)[C@H]2CO[C@H]3OCC[C@H]32)cc1. The van der Waals surface area contributed by atoms with Gasteiger partial charge in [0.15, 0.2) is 6.29 Å². The number of amides is 1. The van der Waals surface area contributed by atoms with Crippen molar-refractivity contribution in [3.05, 3.63) is 60.2 Å². The number of carbonyl (C=O) groups is 1. The van der Waals surface area contributed by atoms with E-state index in [9.17, 15) is 23.4 Å². The molecule has 2 aromatic carbocycles. The second-order valence-corrected chi connectivity index (χ2v) is 12.4. The Morgan fingerprint density at radius 2 is 1.77 bits per heavy atom. The zero-order valence-electron chi connectivity index (χ0n) is 22.5. The number of aliphatic hydroxyl groups is 1. The molecular weight excluding hydrogens is 524 g/mol. The number of nitrogens with zero attached hydrogens (tertiary/aromatic N) is 2. The van der Waals surface area contributed by atoms with Crippen molar-refractivity contribution in [3.63, 3.8) is 0 Å². The Kier molecular flexibility index (Phi) is 9.50. The number of benzene rings is 2. The van der Waals surface area contributed by atoms with Crippen LogP contribution in [-0.4, -0.2) is 91.8 Å². The molecule has 2 N–H and O–H groups in total. The second kappa shape index (κ2) is 12.6. The number of sulfonamides is 1. The first-order valence-corrected chi connectivity index (χ1v) is 14.7. The third-order valence-corrected chi connectivity index (χ3v) is 9.18. The van der Waals surface area contributed by atoms with Gasteiger partial charge in [-0.2, -0.15) is 4.31 Å². The van der Waals surface area contributed by atoms with Crippen LogP contribution in [0.25, 0.3) is 0 Å². The van der Waals surface area contributed by atoms with Crippen LogP contribution in [-0.2, 0) is 25.9 Å². The van der Waals surface area contributed by atoms with E-state index >= 15 is 0 Å². The lowest BCUT2D eigenvalue weighted by atomic mass is 9.93. The van der Waals surface area contributed by atoms with E-state index in [1.807, 2.05) is 44.2 Å². The Morgan fingerprint density at radius 3 is 2.38 bits per heavy atom. The highest BCUT2D eigenvalue weighted by Gasteiger charge is 2.49. The van der Waals surface area contributed by atoms with Crippen molar-refractivity contribution in [3.8, 4) is 5.75 Å². The predicted octanol–water partition coefficient (Wildman–Crippen LogP) is 3.06. The van der Waals surface area contributed by atoms with Crippen LogP contribution in [0, 0.1) is 11.8 Å². The summed E-state index contributed by atoms with van der Waals surface area (Å²) in [7, 11) is -2.49. The largest absolute Gasteiger partial charge is 0.497 e. The fourth-order valence-corrected chi connectivity index (χ4v) is 7.06. The van der Waals surface area contributed by atoms with Gasteiger partial charge in [-0.3, -0.25) is 4.90 Å². The lowest BCUT2D eigenvalue weighted by molar-refractivity contribution is -0.0906. The topological polar surface area (TPSA) is 126 Å². The molecule has 2 fully saturated rings. The first kappa shape index (κ1) is 29.3. The second-order valence-electron chi connectivity index (χ2n) is 10.5. The first-order valence-electron chi connectivity index (χ1n) is 13.2. The zero-order valence-corrected chi connectivity index (χ0v) is 23.4. The summed E-state index contributed by atoms with van der Waals surface area (Å²) < 4.78 is 45.2. The molecule has 2 heterocycles. The van der Waals surface area contributed by atoms with Crippen molar-refractivity contribution in [2.45, 2.75) is 56.1 Å². The van der Waals surface area contributed by atoms with E-state index in [4.69, 9.17) is 14.2 Å². The van der Waals surface area contributed by atoms with Gasteiger partial charge in [0.2, 0.25) is 10.0 Å². The monoisotopic (exact) mass is 562 g/mol. The van der Waals surface area contributed by atoms with Gasteiger partial charge in [0, 0.05) is 19.0 Å². The van der Waals surface area contributed by atoms with E-state index < -0.39 is 40.6 Å². The van der Waals surface area contributed by atoms with Crippen LogP contribution >= 0.6 is 0 Å². The number of hydrogen-bond acceptors (Lipinski definition) is 7. The highest BCUT2D eigenvalue weighted by molar-refractivity contribution is 7.89. The van der Waals surface area contributed by atoms with Crippen LogP contribution < -0.4 is 4.74 Å². The lowest BCUT2D eigenvalue weighted by Gasteiger charge is -2.39. The van der Waals surface area contributed by atoms with Gasteiger partial charge in [-0.05, 0) is 48.6 Å². The summed E-state index contributed by atoms with van der Waals surface area (Å²) in [6, 6.07) is 13.9. The summed E-state index contributed by atoms with van der Waals surface area (Å²) in [5, 5.41) is 22.1. The summed E-state index contributed by atoms with van der Waals surface area (Å²) >= 11 is 0. The standard InChI is InChI=1S/C28H38N2O8S/c1-19(2)16-29(39(34,35)22-11-9-21(36-3)10-12-22)17-26(31)24(15-20-7-5-4-6-8-20)30(28(32)33)25-18-38-27-23(25)13-14-37-27/h4-12,19,23-27,31H,13-18H2,1-3H3,(H,32,33)/t23-,24-,25-,26+,27+/m0/s1. The van der Waals surface area contributed by atoms with Gasteiger partial charge in [-0.1, -0.05) is 44.2 Å². The van der Waals surface area contributed by atoms with Crippen LogP contribution in [0.1, 0.15) is 25.8 Å². The van der Waals surface area contributed by atoms with Crippen molar-refractivity contribution < 1.29 is 37.6 Å². The third kappa shape index (κ3) is 6.72. The minimum absolute atomic E-state index is 0.0343. The maximum atomic E-state index is 13.7. The number of fused-ring (bicyclic) bond motifs is 1. The average molecular weight is 563 g/mol. The fraction of sp³-hybridized carbons (Fsp3) is 0.536. The molecular formula is C28H38N2O8S. The fourth-order valence-electron chi connectivity index (χ4n) is 5.44. The van der Waals surface area contributed by atoms with Crippen LogP contribution in [0.3, 0.4) is 0 Å². The molecule has 214 valence electrons. The summed E-state index contributed by atoms with van der Waals surface area (Å²) in [4.78, 5) is 14.1. The molecule has 0 unspecified atom stereocenters. The third-order valence-electron chi connectivity index (χ3n) is 7.33. The number of methoxy groups -OCH3 is 1. The lowest BCUT2D eigenvalue weighted by Crippen LogP contribution is -2.57. The summed E-state index contributed by atoms with van der Waals surface area (Å²) in [5.41, 5.74) is 0.833. The maximum absolute atomic E-state index is 13.7. The van der Waals surface area contributed by atoms with E-state index in [1.165, 1.54) is 28.4 Å². The van der Waals surface area contributed by atoms with Crippen molar-refractivity contribution in [2.24, 2.45) is 11.8 Å². The van der Waals surface area contributed by atoms with Gasteiger partial charge in [-0.25, -0.2) is 13.2 Å². The van der Waals surface area contributed by atoms with E-state index in [1.54, 1.807) is 12.1 Å². The predicted molar refractivity (Wildman–Crippen MR) is 144 cm³/mol. The molecule has 2 aliphatic heterocycles. The van der Waals surface area contributed by atoms with Gasteiger partial charge in [0.25, 0.3) is 0 Å². The van der Waals surface area contributed by atoms with Crippen molar-refractivity contribution in [1.82, 2.24) is 9.21 Å². The number of rotatable bonds is 12. The van der Waals surface area contributed by atoms with Gasteiger partial charge >= 0.3 is 6.09 Å². The molecule has 0 bridgehead atoms. The van der Waals surface area contributed by atoms with Crippen LogP contribution in [0.5, 0.6) is 5.75 Å². The van der Waals surface area contributed by atoms with Crippen LogP contribution in [0.4, 0.5) is 4.79 Å². The van der Waals surface area contributed by atoms with Gasteiger partial charge < -0.3 is 24.4 Å². The number of aliphatic hydroxyl groups excluding tert-OH is 1. The highest BCUT2D eigenvalue weighted by Crippen LogP contribution is 2.36. The van der Waals surface area contributed by atoms with E-state index in [-0.39, 0.29) is 42.8 Å². The number of carboxylic acid groups (broad SMARTS) is 1. The molecule has 2 saturated heterocycles. The van der Waals surface area contributed by atoms with E-state index in [0.717, 1.165) is 5.56 Å². The smallest absolute Gasteiger partial charge is 0.407 e. The Balaban J connectivity index is 1.66. The molecule has 0 radical (unpaired) electrons. The quantitative estimate of drug-likeness (QED) is 0.404. The summed E-state index contributed by atoms with van der Waals surface area (Å²) in [6.45, 7) is 4.30. The van der Waals surface area contributed by atoms with Gasteiger partial charge in [0.1, 0.15) is 5.75 Å². The molecule has 4 rings (SSSR count). The summed E-state index contributed by atoms with van der Waals surface area (Å²) in [6.07, 6.45) is -2.11. The normalized spacial score (nSPS) is 22.6. The molecule has 2 aromatic rings. The Bertz CT molecular complexity index is 1190. The molecule has 0 saturated carbocycles. The molecule has 5 atom stereocenters. The van der Waals surface area contributed by atoms with E-state index in [0.29, 0.717) is 18.8 Å². The zero-order chi connectivity index (χ0) is 28.2. The molecule has 2 aliphatic rings. The Labute approximate surface area is 230 Å². The molecule has 0 aromatic heterocycles. The number of ether oxygens (including phenoxy) is 3. The van der Waals surface area contributed by atoms with Crippen LogP contribution in [0.2, 0.25) is 0 Å². The maximum Gasteiger partial charge on any atom is 0.407 e. The molecule has 0 spiro atoms. The first-order chi connectivity index (χ1) is 18.6. The minimum atomic E-state index is -3.99. The average Bonchev–Trinajstić information content (AvgIpc) is 3.53. The number of hydrogen-bond donors (Lipinski definition) is 2. The van der Waals surface area contributed by atoms with E-state index in [2.05, 4.69) is 0 Å². The van der Waals surface area contributed by atoms with Crippen molar-refractivity contribution in [1.29, 1.82) is 0 Å². The molecule has 1 amide bonds. The van der Waals surface area contributed by atoms with Crippen molar-refractivity contribution in [2.75, 3.05) is 33.4 Å². The van der Waals surface area contributed by atoms with Crippen LogP contribution in [0.15, 0.2) is 59.5 Å². The molecule has 39 heavy (non-hydrogen) atoms. The van der Waals surface area contributed by atoms with Crippen molar-refractivity contribution >= 4 is 16.1 Å². The highest BCUT2D eigenvalue weighted by atomic mass is 32.2. The minimum Gasteiger partial charge on any atom is -0.497 e. The summed E-state index contributed by atoms with van der Waals surface area (Å²) in [5.74, 6) is 0.340. The Morgan fingerprint density at radius 1 is 1.08 bits per heavy atom.